The Morgan fingerprint density at radius 3 is 2.76 bits per heavy atom. The van der Waals surface area contributed by atoms with Crippen molar-refractivity contribution in [3.63, 3.8) is 0 Å². The number of hydrogen-bond acceptors (Lipinski definition) is 2. The summed E-state index contributed by atoms with van der Waals surface area (Å²) in [5.41, 5.74) is 1.69. The number of benzene rings is 1. The van der Waals surface area contributed by atoms with E-state index in [1.807, 2.05) is 31.2 Å². The number of aromatic nitrogens is 1. The fourth-order valence-corrected chi connectivity index (χ4v) is 1.78. The molecule has 0 radical (unpaired) electrons. The molecule has 1 N–H and O–H groups in total. The molecule has 17 heavy (non-hydrogen) atoms. The second-order valence-electron chi connectivity index (χ2n) is 4.08. The van der Waals surface area contributed by atoms with Crippen molar-refractivity contribution in [3.05, 3.63) is 60.2 Å². The van der Waals surface area contributed by atoms with Crippen molar-refractivity contribution in [2.45, 2.75) is 19.4 Å². The Hall–Kier alpha value is -1.90. The van der Waals surface area contributed by atoms with Crippen LogP contribution in [0.1, 0.15) is 12.5 Å². The molecular formula is C14H15FN2. The van der Waals surface area contributed by atoms with E-state index in [2.05, 4.69) is 10.3 Å². The van der Waals surface area contributed by atoms with Crippen molar-refractivity contribution in [1.29, 1.82) is 0 Å². The van der Waals surface area contributed by atoms with Crippen molar-refractivity contribution < 1.29 is 4.39 Å². The number of pyridine rings is 1. The number of halogens is 1. The second kappa shape index (κ2) is 5.43. The highest BCUT2D eigenvalue weighted by molar-refractivity contribution is 5.41. The molecule has 0 amide bonds. The average Bonchev–Trinajstić information content (AvgIpc) is 2.33. The lowest BCUT2D eigenvalue weighted by atomic mass is 10.1. The molecule has 3 heteroatoms. The summed E-state index contributed by atoms with van der Waals surface area (Å²) in [4.78, 5) is 4.03. The van der Waals surface area contributed by atoms with E-state index in [1.165, 1.54) is 6.07 Å². The number of rotatable bonds is 4. The summed E-state index contributed by atoms with van der Waals surface area (Å²) < 4.78 is 13.4. The molecule has 0 fully saturated rings. The fraction of sp³-hybridized carbons (Fsp3) is 0.214. The Morgan fingerprint density at radius 1 is 1.24 bits per heavy atom. The number of nitrogens with zero attached hydrogens (tertiary/aromatic N) is 1. The number of anilines is 1. The summed E-state index contributed by atoms with van der Waals surface area (Å²) in [6.07, 6.45) is 4.14. The summed E-state index contributed by atoms with van der Waals surface area (Å²) in [7, 11) is 0. The van der Waals surface area contributed by atoms with Gasteiger partial charge in [0.05, 0.1) is 5.69 Å². The first-order chi connectivity index (χ1) is 8.25. The van der Waals surface area contributed by atoms with Gasteiger partial charge in [-0.05, 0) is 37.1 Å². The third kappa shape index (κ3) is 3.28. The van der Waals surface area contributed by atoms with Crippen LogP contribution in [0.2, 0.25) is 0 Å². The minimum Gasteiger partial charge on any atom is -0.381 e. The maximum Gasteiger partial charge on any atom is 0.126 e. The lowest BCUT2D eigenvalue weighted by Gasteiger charge is -2.15. The normalized spacial score (nSPS) is 12.1. The number of nitrogens with one attached hydrogen (secondary N) is 1. The predicted octanol–water partition coefficient (Wildman–Crippen LogP) is 3.26. The maximum atomic E-state index is 13.4. The van der Waals surface area contributed by atoms with E-state index in [4.69, 9.17) is 0 Å². The Balaban J connectivity index is 1.98. The smallest absolute Gasteiger partial charge is 0.126 e. The van der Waals surface area contributed by atoms with E-state index >= 15 is 0 Å². The largest absolute Gasteiger partial charge is 0.381 e. The van der Waals surface area contributed by atoms with Crippen molar-refractivity contribution in [3.8, 4) is 0 Å². The highest BCUT2D eigenvalue weighted by atomic mass is 19.1. The van der Waals surface area contributed by atoms with Gasteiger partial charge in [-0.2, -0.15) is 0 Å². The Bertz CT molecular complexity index is 471. The fourth-order valence-electron chi connectivity index (χ4n) is 1.78. The summed E-state index contributed by atoms with van der Waals surface area (Å²) in [6, 6.07) is 10.9. The molecule has 0 aliphatic carbocycles. The molecule has 0 saturated heterocycles. The SMILES string of the molecule is CC(Cc1ccccc1F)Nc1cccnc1. The summed E-state index contributed by atoms with van der Waals surface area (Å²) >= 11 is 0. The number of hydrogen-bond donors (Lipinski definition) is 1. The first-order valence-electron chi connectivity index (χ1n) is 5.65. The molecule has 1 heterocycles. The molecule has 1 unspecified atom stereocenters. The van der Waals surface area contributed by atoms with Crippen molar-refractivity contribution in [2.75, 3.05) is 5.32 Å². The molecule has 88 valence electrons. The molecule has 2 nitrogen and oxygen atoms in total. The van der Waals surface area contributed by atoms with Crippen LogP contribution in [0.5, 0.6) is 0 Å². The van der Waals surface area contributed by atoms with E-state index in [-0.39, 0.29) is 11.9 Å². The molecule has 1 atom stereocenters. The zero-order valence-electron chi connectivity index (χ0n) is 9.73. The van der Waals surface area contributed by atoms with Gasteiger partial charge in [-0.3, -0.25) is 4.98 Å². The van der Waals surface area contributed by atoms with Gasteiger partial charge in [0, 0.05) is 18.4 Å². The molecule has 0 bridgehead atoms. The van der Waals surface area contributed by atoms with Crippen LogP contribution >= 0.6 is 0 Å². The standard InChI is InChI=1S/C14H15FN2/c1-11(17-13-6-4-8-16-10-13)9-12-5-2-3-7-14(12)15/h2-8,10-11,17H,9H2,1H3. The van der Waals surface area contributed by atoms with Crippen LogP contribution in [0.3, 0.4) is 0 Å². The quantitative estimate of drug-likeness (QED) is 0.872. The summed E-state index contributed by atoms with van der Waals surface area (Å²) in [6.45, 7) is 2.03. The van der Waals surface area contributed by atoms with Crippen LogP contribution in [0.15, 0.2) is 48.8 Å². The van der Waals surface area contributed by atoms with Crippen LogP contribution < -0.4 is 5.32 Å². The summed E-state index contributed by atoms with van der Waals surface area (Å²) in [5, 5.41) is 3.29. The van der Waals surface area contributed by atoms with Gasteiger partial charge >= 0.3 is 0 Å². The molecule has 0 aliphatic heterocycles. The zero-order chi connectivity index (χ0) is 12.1. The van der Waals surface area contributed by atoms with Crippen molar-refractivity contribution >= 4 is 5.69 Å². The molecule has 2 aromatic rings. The van der Waals surface area contributed by atoms with Gasteiger partial charge in [-0.15, -0.1) is 0 Å². The van der Waals surface area contributed by atoms with Crippen molar-refractivity contribution in [2.24, 2.45) is 0 Å². The highest BCUT2D eigenvalue weighted by Gasteiger charge is 2.07. The first-order valence-corrected chi connectivity index (χ1v) is 5.65. The molecule has 0 saturated carbocycles. The highest BCUT2D eigenvalue weighted by Crippen LogP contribution is 2.12. The van der Waals surface area contributed by atoms with Gasteiger partial charge in [0.15, 0.2) is 0 Å². The minimum atomic E-state index is -0.146. The van der Waals surface area contributed by atoms with E-state index in [0.29, 0.717) is 6.42 Å². The van der Waals surface area contributed by atoms with Crippen LogP contribution in [0, 0.1) is 5.82 Å². The van der Waals surface area contributed by atoms with Gasteiger partial charge in [-0.1, -0.05) is 18.2 Å². The monoisotopic (exact) mass is 230 g/mol. The van der Waals surface area contributed by atoms with Gasteiger partial charge in [-0.25, -0.2) is 4.39 Å². The van der Waals surface area contributed by atoms with Gasteiger partial charge in [0.1, 0.15) is 5.82 Å². The third-order valence-corrected chi connectivity index (χ3v) is 2.56. The molecule has 1 aromatic carbocycles. The minimum absolute atomic E-state index is 0.146. The van der Waals surface area contributed by atoms with Crippen LogP contribution in [-0.2, 0) is 6.42 Å². The Kier molecular flexibility index (Phi) is 3.70. The van der Waals surface area contributed by atoms with E-state index < -0.39 is 0 Å². The van der Waals surface area contributed by atoms with Crippen molar-refractivity contribution in [1.82, 2.24) is 4.98 Å². The topological polar surface area (TPSA) is 24.9 Å². The maximum absolute atomic E-state index is 13.4. The zero-order valence-corrected chi connectivity index (χ0v) is 9.73. The van der Waals surface area contributed by atoms with Gasteiger partial charge < -0.3 is 5.32 Å². The van der Waals surface area contributed by atoms with Crippen LogP contribution in [-0.4, -0.2) is 11.0 Å². The van der Waals surface area contributed by atoms with E-state index in [9.17, 15) is 4.39 Å². The molecule has 2 rings (SSSR count). The lowest BCUT2D eigenvalue weighted by Crippen LogP contribution is -2.18. The lowest BCUT2D eigenvalue weighted by molar-refractivity contribution is 0.601. The molecule has 0 aliphatic rings. The average molecular weight is 230 g/mol. The molecular weight excluding hydrogens is 215 g/mol. The van der Waals surface area contributed by atoms with Crippen LogP contribution in [0.4, 0.5) is 10.1 Å². The first kappa shape index (κ1) is 11.6. The van der Waals surface area contributed by atoms with E-state index in [1.54, 1.807) is 18.5 Å². The van der Waals surface area contributed by atoms with Gasteiger partial charge in [0.2, 0.25) is 0 Å². The molecule has 1 aromatic heterocycles. The predicted molar refractivity (Wildman–Crippen MR) is 67.4 cm³/mol. The Morgan fingerprint density at radius 2 is 2.06 bits per heavy atom. The van der Waals surface area contributed by atoms with Gasteiger partial charge in [0.25, 0.3) is 0 Å². The Labute approximate surface area is 101 Å². The summed E-state index contributed by atoms with van der Waals surface area (Å²) in [5.74, 6) is -0.146. The second-order valence-corrected chi connectivity index (χ2v) is 4.08. The molecule has 0 spiro atoms. The van der Waals surface area contributed by atoms with E-state index in [0.717, 1.165) is 11.3 Å². The van der Waals surface area contributed by atoms with Crippen LogP contribution in [0.25, 0.3) is 0 Å². The third-order valence-electron chi connectivity index (χ3n) is 2.56.